The molecule has 15 heavy (non-hydrogen) atoms. The molecule has 0 aromatic heterocycles. The van der Waals surface area contributed by atoms with Crippen LogP contribution in [0.25, 0.3) is 0 Å². The van der Waals surface area contributed by atoms with Gasteiger partial charge in [0.15, 0.2) is 0 Å². The van der Waals surface area contributed by atoms with Crippen molar-refractivity contribution in [3.05, 3.63) is 0 Å². The predicted octanol–water partition coefficient (Wildman–Crippen LogP) is 0.947. The van der Waals surface area contributed by atoms with Crippen molar-refractivity contribution >= 4 is 12.0 Å². The summed E-state index contributed by atoms with van der Waals surface area (Å²) in [4.78, 5) is 21.7. The fraction of sp³-hybridized carbons (Fsp3) is 0.800. The maximum absolute atomic E-state index is 11.3. The van der Waals surface area contributed by atoms with Gasteiger partial charge in [-0.1, -0.05) is 13.3 Å². The number of rotatable bonds is 5. The third kappa shape index (κ3) is 3.77. The minimum absolute atomic E-state index is 0.242. The summed E-state index contributed by atoms with van der Waals surface area (Å²) in [5.41, 5.74) is 0. The Bertz CT molecular complexity index is 255. The van der Waals surface area contributed by atoms with Gasteiger partial charge in [-0.25, -0.2) is 4.79 Å². The monoisotopic (exact) mass is 214 g/mol. The van der Waals surface area contributed by atoms with Crippen molar-refractivity contribution in [2.45, 2.75) is 45.2 Å². The average molecular weight is 214 g/mol. The van der Waals surface area contributed by atoms with Gasteiger partial charge in [-0.15, -0.1) is 0 Å². The Labute approximate surface area is 89.2 Å². The van der Waals surface area contributed by atoms with E-state index in [-0.39, 0.29) is 12.1 Å². The molecule has 0 spiro atoms. The normalized spacial score (nSPS) is 25.5. The minimum atomic E-state index is -1.02. The van der Waals surface area contributed by atoms with Gasteiger partial charge in [0, 0.05) is 6.04 Å². The van der Waals surface area contributed by atoms with E-state index in [0.29, 0.717) is 5.92 Å². The molecule has 0 aromatic carbocycles. The fourth-order valence-electron chi connectivity index (χ4n) is 1.58. The van der Waals surface area contributed by atoms with Crippen molar-refractivity contribution in [1.82, 2.24) is 10.6 Å². The first kappa shape index (κ1) is 11.8. The number of aliphatic carboxylic acids is 1. The summed E-state index contributed by atoms with van der Waals surface area (Å²) < 4.78 is 0. The van der Waals surface area contributed by atoms with Crippen LogP contribution in [0.15, 0.2) is 0 Å². The van der Waals surface area contributed by atoms with Crippen molar-refractivity contribution < 1.29 is 14.7 Å². The van der Waals surface area contributed by atoms with Crippen LogP contribution in [-0.4, -0.2) is 29.2 Å². The highest BCUT2D eigenvalue weighted by Crippen LogP contribution is 2.34. The van der Waals surface area contributed by atoms with E-state index in [1.807, 2.05) is 0 Å². The summed E-state index contributed by atoms with van der Waals surface area (Å²) in [6.45, 7) is 3.56. The maximum atomic E-state index is 11.3. The van der Waals surface area contributed by atoms with E-state index in [9.17, 15) is 9.59 Å². The average Bonchev–Trinajstić information content (AvgIpc) is 2.83. The number of amides is 2. The molecule has 5 heteroatoms. The summed E-state index contributed by atoms with van der Waals surface area (Å²) in [6.07, 6.45) is 3.26. The number of hydrogen-bond acceptors (Lipinski definition) is 2. The highest BCUT2D eigenvalue weighted by Gasteiger charge is 2.37. The van der Waals surface area contributed by atoms with E-state index < -0.39 is 12.0 Å². The highest BCUT2D eigenvalue weighted by atomic mass is 16.4. The minimum Gasteiger partial charge on any atom is -0.480 e. The highest BCUT2D eigenvalue weighted by molar-refractivity contribution is 5.82. The molecule has 0 bridgehead atoms. The lowest BCUT2D eigenvalue weighted by molar-refractivity contribution is -0.138. The second-order valence-electron chi connectivity index (χ2n) is 4.07. The molecule has 0 saturated heterocycles. The van der Waals surface area contributed by atoms with Crippen LogP contribution in [0.1, 0.15) is 33.1 Å². The van der Waals surface area contributed by atoms with Crippen LogP contribution in [0, 0.1) is 5.92 Å². The van der Waals surface area contributed by atoms with Gasteiger partial charge in [0.2, 0.25) is 0 Å². The van der Waals surface area contributed by atoms with E-state index in [1.54, 1.807) is 0 Å². The van der Waals surface area contributed by atoms with Gasteiger partial charge in [-0.2, -0.15) is 0 Å². The number of hydrogen-bond donors (Lipinski definition) is 3. The van der Waals surface area contributed by atoms with Crippen molar-refractivity contribution in [1.29, 1.82) is 0 Å². The van der Waals surface area contributed by atoms with Crippen molar-refractivity contribution in [3.63, 3.8) is 0 Å². The third-order valence-corrected chi connectivity index (χ3v) is 2.62. The molecule has 1 fully saturated rings. The molecule has 0 aliphatic heterocycles. The lowest BCUT2D eigenvalue weighted by atomic mass is 10.2. The Hall–Kier alpha value is -1.26. The summed E-state index contributed by atoms with van der Waals surface area (Å²) >= 11 is 0. The van der Waals surface area contributed by atoms with E-state index in [4.69, 9.17) is 5.11 Å². The zero-order valence-electron chi connectivity index (χ0n) is 9.12. The van der Waals surface area contributed by atoms with Gasteiger partial charge in [0.1, 0.15) is 6.04 Å². The molecule has 2 unspecified atom stereocenters. The van der Waals surface area contributed by atoms with Crippen LogP contribution in [-0.2, 0) is 4.79 Å². The SMILES string of the molecule is CCCC1CC1NC(=O)N[C@@H](C)C(=O)O. The Kier molecular flexibility index (Phi) is 3.94. The summed E-state index contributed by atoms with van der Waals surface area (Å²) in [5, 5.41) is 13.7. The molecule has 0 aromatic rings. The Balaban J connectivity index is 2.18. The summed E-state index contributed by atoms with van der Waals surface area (Å²) in [5.74, 6) is -0.438. The second-order valence-corrected chi connectivity index (χ2v) is 4.07. The molecule has 5 nitrogen and oxygen atoms in total. The third-order valence-electron chi connectivity index (χ3n) is 2.62. The standard InChI is InChI=1S/C10H18N2O3/c1-3-4-7-5-8(7)12-10(15)11-6(2)9(13)14/h6-8H,3-5H2,1-2H3,(H,13,14)(H2,11,12,15)/t6-,7?,8?/m0/s1. The number of carbonyl (C=O) groups is 2. The maximum Gasteiger partial charge on any atom is 0.325 e. The molecule has 2 amide bonds. The lowest BCUT2D eigenvalue weighted by Crippen LogP contribution is -2.45. The van der Waals surface area contributed by atoms with Crippen LogP contribution in [0.3, 0.4) is 0 Å². The van der Waals surface area contributed by atoms with Crippen LogP contribution in [0.2, 0.25) is 0 Å². The van der Waals surface area contributed by atoms with Crippen molar-refractivity contribution in [3.8, 4) is 0 Å². The van der Waals surface area contributed by atoms with Gasteiger partial charge >= 0.3 is 12.0 Å². The molecule has 0 radical (unpaired) electrons. The Morgan fingerprint density at radius 1 is 1.53 bits per heavy atom. The number of nitrogens with one attached hydrogen (secondary N) is 2. The lowest BCUT2D eigenvalue weighted by Gasteiger charge is -2.10. The van der Waals surface area contributed by atoms with E-state index in [2.05, 4.69) is 17.6 Å². The number of carboxylic acids is 1. The molecule has 3 N–H and O–H groups in total. The first-order chi connectivity index (χ1) is 7.04. The predicted molar refractivity (Wildman–Crippen MR) is 55.6 cm³/mol. The van der Waals surface area contributed by atoms with Crippen LogP contribution < -0.4 is 10.6 Å². The van der Waals surface area contributed by atoms with Crippen LogP contribution in [0.5, 0.6) is 0 Å². The number of urea groups is 1. The van der Waals surface area contributed by atoms with E-state index >= 15 is 0 Å². The van der Waals surface area contributed by atoms with E-state index in [0.717, 1.165) is 19.3 Å². The Morgan fingerprint density at radius 2 is 2.20 bits per heavy atom. The fourth-order valence-corrected chi connectivity index (χ4v) is 1.58. The molecule has 1 rings (SSSR count). The van der Waals surface area contributed by atoms with Gasteiger partial charge in [0.05, 0.1) is 0 Å². The number of carboxylic acid groups (broad SMARTS) is 1. The topological polar surface area (TPSA) is 78.4 Å². The number of carbonyl (C=O) groups excluding carboxylic acids is 1. The van der Waals surface area contributed by atoms with Gasteiger partial charge < -0.3 is 15.7 Å². The Morgan fingerprint density at radius 3 is 2.73 bits per heavy atom. The van der Waals surface area contributed by atoms with Gasteiger partial charge in [0.25, 0.3) is 0 Å². The molecular weight excluding hydrogens is 196 g/mol. The smallest absolute Gasteiger partial charge is 0.325 e. The zero-order chi connectivity index (χ0) is 11.4. The van der Waals surface area contributed by atoms with Crippen molar-refractivity contribution in [2.75, 3.05) is 0 Å². The molecule has 86 valence electrons. The molecule has 1 aliphatic rings. The van der Waals surface area contributed by atoms with Crippen LogP contribution in [0.4, 0.5) is 4.79 Å². The zero-order valence-corrected chi connectivity index (χ0v) is 9.12. The molecule has 0 heterocycles. The molecule has 3 atom stereocenters. The van der Waals surface area contributed by atoms with Gasteiger partial charge in [-0.05, 0) is 25.7 Å². The summed E-state index contributed by atoms with van der Waals surface area (Å²) in [7, 11) is 0. The molecular formula is C10H18N2O3. The van der Waals surface area contributed by atoms with Crippen molar-refractivity contribution in [2.24, 2.45) is 5.92 Å². The molecule has 1 aliphatic carbocycles. The summed E-state index contributed by atoms with van der Waals surface area (Å²) in [6, 6.07) is -0.979. The quantitative estimate of drug-likeness (QED) is 0.637. The van der Waals surface area contributed by atoms with Crippen LogP contribution >= 0.6 is 0 Å². The van der Waals surface area contributed by atoms with E-state index in [1.165, 1.54) is 6.92 Å². The first-order valence-corrected chi connectivity index (χ1v) is 5.34. The van der Waals surface area contributed by atoms with Gasteiger partial charge in [-0.3, -0.25) is 4.79 Å². The first-order valence-electron chi connectivity index (χ1n) is 5.34. The second kappa shape index (κ2) is 5.00. The molecule has 1 saturated carbocycles. The largest absolute Gasteiger partial charge is 0.480 e.